The molecule has 1 atom stereocenters. The zero-order chi connectivity index (χ0) is 14.6. The molecule has 3 N–H and O–H groups in total. The molecule has 0 saturated carbocycles. The highest BCUT2D eigenvalue weighted by Crippen LogP contribution is 2.04. The average Bonchev–Trinajstić information content (AvgIpc) is 2.48. The van der Waals surface area contributed by atoms with Gasteiger partial charge >= 0.3 is 0 Å². The quantitative estimate of drug-likeness (QED) is 0.417. The summed E-state index contributed by atoms with van der Waals surface area (Å²) in [6, 6.07) is 9.46. The maximum atomic E-state index is 11.9. The molecule has 1 rings (SSSR count). The summed E-state index contributed by atoms with van der Waals surface area (Å²) >= 11 is 0. The van der Waals surface area contributed by atoms with Gasteiger partial charge in [-0.3, -0.25) is 9.20 Å². The highest BCUT2D eigenvalue weighted by molar-refractivity contribution is 7.85. The molecule has 0 bridgehead atoms. The molecule has 5 heteroatoms. The van der Waals surface area contributed by atoms with Gasteiger partial charge in [0.05, 0.1) is 10.8 Å². The fraction of sp³-hybridized carbons (Fsp3) is 0.533. The van der Waals surface area contributed by atoms with Crippen molar-refractivity contribution in [3.05, 3.63) is 30.3 Å². The third kappa shape index (κ3) is 7.28. The highest BCUT2D eigenvalue weighted by Gasteiger charge is 2.02. The van der Waals surface area contributed by atoms with E-state index in [1.807, 2.05) is 30.3 Å². The summed E-state index contributed by atoms with van der Waals surface area (Å²) in [7, 11) is -0.983. The minimum Gasteiger partial charge on any atom is -0.370 e. The van der Waals surface area contributed by atoms with Crippen LogP contribution in [0, 0.1) is 0 Å². The van der Waals surface area contributed by atoms with Gasteiger partial charge in [-0.25, -0.2) is 0 Å². The van der Waals surface area contributed by atoms with Crippen LogP contribution in [0.25, 0.3) is 0 Å². The lowest BCUT2D eigenvalue weighted by Gasteiger charge is -2.06. The molecule has 0 aromatic heterocycles. The Morgan fingerprint density at radius 2 is 2.00 bits per heavy atom. The first-order valence-corrected chi connectivity index (χ1v) is 8.53. The number of hydrogen-bond donors (Lipinski definition) is 2. The number of aliphatic imine (C=N–C) groups is 1. The minimum atomic E-state index is -0.983. The van der Waals surface area contributed by atoms with Gasteiger partial charge in [0.25, 0.3) is 0 Å². The van der Waals surface area contributed by atoms with E-state index >= 15 is 0 Å². The van der Waals surface area contributed by atoms with Crippen molar-refractivity contribution in [1.82, 2.24) is 5.32 Å². The van der Waals surface area contributed by atoms with Crippen molar-refractivity contribution in [2.24, 2.45) is 10.7 Å². The van der Waals surface area contributed by atoms with E-state index < -0.39 is 10.8 Å². The van der Waals surface area contributed by atoms with Gasteiger partial charge in [-0.1, -0.05) is 44.4 Å². The largest absolute Gasteiger partial charge is 0.370 e. The van der Waals surface area contributed by atoms with Crippen LogP contribution in [-0.2, 0) is 10.8 Å². The zero-order valence-corrected chi connectivity index (χ0v) is 13.0. The molecule has 0 aliphatic heterocycles. The molecule has 4 nitrogen and oxygen atoms in total. The Labute approximate surface area is 124 Å². The van der Waals surface area contributed by atoms with Crippen molar-refractivity contribution in [2.75, 3.05) is 18.8 Å². The van der Waals surface area contributed by atoms with E-state index in [0.29, 0.717) is 18.3 Å². The Kier molecular flexibility index (Phi) is 8.71. The lowest BCUT2D eigenvalue weighted by molar-refractivity contribution is 0.673. The van der Waals surface area contributed by atoms with Gasteiger partial charge in [0.1, 0.15) is 0 Å². The van der Waals surface area contributed by atoms with Crippen LogP contribution in [0.1, 0.15) is 32.6 Å². The zero-order valence-electron chi connectivity index (χ0n) is 12.2. The molecule has 0 amide bonds. The van der Waals surface area contributed by atoms with Crippen LogP contribution in [0.4, 0.5) is 0 Å². The number of unbranched alkanes of at least 4 members (excludes halogenated alkanes) is 3. The predicted octanol–water partition coefficient (Wildman–Crippen LogP) is 2.28. The van der Waals surface area contributed by atoms with Gasteiger partial charge in [-0.15, -0.1) is 0 Å². The molecule has 0 aliphatic rings. The van der Waals surface area contributed by atoms with Crippen molar-refractivity contribution in [1.29, 1.82) is 0 Å². The molecule has 0 saturated heterocycles. The molecule has 112 valence electrons. The van der Waals surface area contributed by atoms with E-state index in [1.165, 1.54) is 19.3 Å². The number of nitrogens with two attached hydrogens (primary N) is 1. The summed E-state index contributed by atoms with van der Waals surface area (Å²) in [4.78, 5) is 5.10. The second-order valence-electron chi connectivity index (χ2n) is 4.62. The van der Waals surface area contributed by atoms with Crippen LogP contribution in [0.3, 0.4) is 0 Å². The number of nitrogens with zero attached hydrogens (tertiary/aromatic N) is 1. The summed E-state index contributed by atoms with van der Waals surface area (Å²) in [5.74, 6) is 0.988. The fourth-order valence-electron chi connectivity index (χ4n) is 1.76. The summed E-state index contributed by atoms with van der Waals surface area (Å²) in [5, 5.41) is 3.01. The van der Waals surface area contributed by atoms with E-state index in [4.69, 9.17) is 5.73 Å². The van der Waals surface area contributed by atoms with Gasteiger partial charge in [0.15, 0.2) is 5.96 Å². The molecule has 1 aromatic carbocycles. The molecular formula is C15H25N3OS. The van der Waals surface area contributed by atoms with Crippen molar-refractivity contribution >= 4 is 16.8 Å². The average molecular weight is 295 g/mol. The van der Waals surface area contributed by atoms with Gasteiger partial charge < -0.3 is 11.1 Å². The van der Waals surface area contributed by atoms with Crippen LogP contribution >= 0.6 is 0 Å². The predicted molar refractivity (Wildman–Crippen MR) is 86.4 cm³/mol. The molecule has 0 radical (unpaired) electrons. The molecule has 0 heterocycles. The fourth-order valence-corrected chi connectivity index (χ4v) is 2.74. The van der Waals surface area contributed by atoms with Gasteiger partial charge in [0, 0.05) is 23.7 Å². The normalized spacial score (nSPS) is 13.2. The van der Waals surface area contributed by atoms with E-state index in [2.05, 4.69) is 17.2 Å². The number of guanidine groups is 1. The number of nitrogens with one attached hydrogen (secondary N) is 1. The molecule has 0 fully saturated rings. The lowest BCUT2D eigenvalue weighted by Crippen LogP contribution is -2.34. The van der Waals surface area contributed by atoms with Crippen molar-refractivity contribution in [3.63, 3.8) is 0 Å². The smallest absolute Gasteiger partial charge is 0.188 e. The molecule has 0 aliphatic carbocycles. The first kappa shape index (κ1) is 16.7. The molecular weight excluding hydrogens is 270 g/mol. The van der Waals surface area contributed by atoms with Crippen LogP contribution in [-0.4, -0.2) is 29.0 Å². The Balaban J connectivity index is 2.16. The third-order valence-corrected chi connectivity index (χ3v) is 4.27. The monoisotopic (exact) mass is 295 g/mol. The third-order valence-electron chi connectivity index (χ3n) is 2.89. The Hall–Kier alpha value is -1.36. The van der Waals surface area contributed by atoms with E-state index in [9.17, 15) is 4.21 Å². The summed E-state index contributed by atoms with van der Waals surface area (Å²) in [6.45, 7) is 3.53. The summed E-state index contributed by atoms with van der Waals surface area (Å²) in [5.41, 5.74) is 5.75. The SMILES string of the molecule is CCCCCCN=C(N)NCCS(=O)c1ccccc1. The highest BCUT2D eigenvalue weighted by atomic mass is 32.2. The van der Waals surface area contributed by atoms with Crippen molar-refractivity contribution in [3.8, 4) is 0 Å². The number of rotatable bonds is 9. The molecule has 1 aromatic rings. The topological polar surface area (TPSA) is 67.5 Å². The van der Waals surface area contributed by atoms with E-state index in [-0.39, 0.29) is 0 Å². The second kappa shape index (κ2) is 10.4. The minimum absolute atomic E-state index is 0.451. The Morgan fingerprint density at radius 1 is 1.25 bits per heavy atom. The number of hydrogen-bond acceptors (Lipinski definition) is 2. The van der Waals surface area contributed by atoms with Crippen LogP contribution in [0.15, 0.2) is 40.2 Å². The van der Waals surface area contributed by atoms with E-state index in [1.54, 1.807) is 0 Å². The van der Waals surface area contributed by atoms with E-state index in [0.717, 1.165) is 17.9 Å². The maximum Gasteiger partial charge on any atom is 0.188 e. The summed E-state index contributed by atoms with van der Waals surface area (Å²) < 4.78 is 11.9. The van der Waals surface area contributed by atoms with Gasteiger partial charge in [-0.05, 0) is 18.6 Å². The standard InChI is InChI=1S/C15H25N3OS/c1-2-3-4-8-11-17-15(16)18-12-13-20(19)14-9-6-5-7-10-14/h5-7,9-10H,2-4,8,11-13H2,1H3,(H3,16,17,18). The van der Waals surface area contributed by atoms with Crippen LogP contribution in [0.5, 0.6) is 0 Å². The molecule has 0 spiro atoms. The first-order valence-electron chi connectivity index (χ1n) is 7.21. The van der Waals surface area contributed by atoms with Gasteiger partial charge in [-0.2, -0.15) is 0 Å². The lowest BCUT2D eigenvalue weighted by atomic mass is 10.2. The van der Waals surface area contributed by atoms with Crippen LogP contribution in [0.2, 0.25) is 0 Å². The first-order chi connectivity index (χ1) is 9.74. The number of benzene rings is 1. The van der Waals surface area contributed by atoms with Crippen molar-refractivity contribution in [2.45, 2.75) is 37.5 Å². The second-order valence-corrected chi connectivity index (χ2v) is 6.19. The molecule has 20 heavy (non-hydrogen) atoms. The van der Waals surface area contributed by atoms with Gasteiger partial charge in [0.2, 0.25) is 0 Å². The van der Waals surface area contributed by atoms with Crippen LogP contribution < -0.4 is 11.1 Å². The van der Waals surface area contributed by atoms with Crippen molar-refractivity contribution < 1.29 is 4.21 Å². The Morgan fingerprint density at radius 3 is 2.70 bits per heavy atom. The molecule has 1 unspecified atom stereocenters. The summed E-state index contributed by atoms with van der Waals surface area (Å²) in [6.07, 6.45) is 4.75. The Bertz CT molecular complexity index is 420. The maximum absolute atomic E-state index is 11.9.